The van der Waals surface area contributed by atoms with E-state index in [0.29, 0.717) is 12.8 Å². The highest BCUT2D eigenvalue weighted by Crippen LogP contribution is 2.09. The summed E-state index contributed by atoms with van der Waals surface area (Å²) in [6.45, 7) is 0. The van der Waals surface area contributed by atoms with Gasteiger partial charge in [-0.1, -0.05) is 12.1 Å². The summed E-state index contributed by atoms with van der Waals surface area (Å²) < 4.78 is 0. The molecule has 0 fully saturated rings. The van der Waals surface area contributed by atoms with E-state index >= 15 is 0 Å². The number of hydrogen-bond acceptors (Lipinski definition) is 6. The molecular formula is C14H14N4O2S2. The average Bonchev–Trinajstić information content (AvgIpc) is 3.16. The summed E-state index contributed by atoms with van der Waals surface area (Å²) in [4.78, 5) is 24.9. The van der Waals surface area contributed by atoms with Crippen molar-refractivity contribution in [2.75, 3.05) is 0 Å². The molecule has 6 nitrogen and oxygen atoms in total. The molecule has 0 unspecified atom stereocenters. The SMILES string of the molecule is O=C(Cc1cccs1)NN=CC=NNC(=O)Cc1cccs1. The van der Waals surface area contributed by atoms with E-state index in [1.54, 1.807) is 0 Å². The van der Waals surface area contributed by atoms with Crippen molar-refractivity contribution in [1.82, 2.24) is 10.9 Å². The zero-order valence-corrected chi connectivity index (χ0v) is 13.2. The second-order valence-electron chi connectivity index (χ2n) is 4.14. The Morgan fingerprint density at radius 2 is 1.36 bits per heavy atom. The van der Waals surface area contributed by atoms with Crippen molar-refractivity contribution in [3.05, 3.63) is 44.8 Å². The highest BCUT2D eigenvalue weighted by atomic mass is 32.1. The van der Waals surface area contributed by atoms with Gasteiger partial charge in [-0.25, -0.2) is 10.9 Å². The molecule has 2 N–H and O–H groups in total. The summed E-state index contributed by atoms with van der Waals surface area (Å²) in [7, 11) is 0. The molecule has 2 aromatic rings. The van der Waals surface area contributed by atoms with Gasteiger partial charge in [0.25, 0.3) is 0 Å². The van der Waals surface area contributed by atoms with Gasteiger partial charge in [-0.05, 0) is 22.9 Å². The molecule has 0 aromatic carbocycles. The first kappa shape index (κ1) is 16.1. The number of amides is 2. The van der Waals surface area contributed by atoms with Gasteiger partial charge in [-0.15, -0.1) is 22.7 Å². The topological polar surface area (TPSA) is 82.9 Å². The summed E-state index contributed by atoms with van der Waals surface area (Å²) >= 11 is 3.03. The predicted molar refractivity (Wildman–Crippen MR) is 89.3 cm³/mol. The van der Waals surface area contributed by atoms with E-state index in [4.69, 9.17) is 0 Å². The Bertz CT molecular complexity index is 590. The van der Waals surface area contributed by atoms with E-state index in [1.165, 1.54) is 35.1 Å². The van der Waals surface area contributed by atoms with Crippen LogP contribution in [0.1, 0.15) is 9.75 Å². The molecule has 8 heteroatoms. The first-order valence-electron chi connectivity index (χ1n) is 6.41. The summed E-state index contributed by atoms with van der Waals surface area (Å²) in [5.74, 6) is -0.400. The Morgan fingerprint density at radius 3 is 1.73 bits per heavy atom. The molecule has 114 valence electrons. The molecule has 0 atom stereocenters. The van der Waals surface area contributed by atoms with Crippen molar-refractivity contribution in [3.63, 3.8) is 0 Å². The zero-order chi connectivity index (χ0) is 15.6. The van der Waals surface area contributed by atoms with Crippen molar-refractivity contribution < 1.29 is 9.59 Å². The maximum atomic E-state index is 11.5. The Hall–Kier alpha value is -2.32. The monoisotopic (exact) mass is 334 g/mol. The summed E-state index contributed by atoms with van der Waals surface area (Å²) in [5.41, 5.74) is 4.76. The molecule has 2 heterocycles. The molecule has 0 aliphatic heterocycles. The van der Waals surface area contributed by atoms with Crippen LogP contribution in [0.25, 0.3) is 0 Å². The fourth-order valence-corrected chi connectivity index (χ4v) is 2.91. The maximum absolute atomic E-state index is 11.5. The Balaban J connectivity index is 1.62. The fraction of sp³-hybridized carbons (Fsp3) is 0.143. The number of nitrogens with one attached hydrogen (secondary N) is 2. The standard InChI is InChI=1S/C14H14N4O2S2/c19-13(9-11-3-1-7-21-11)17-15-5-6-16-18-14(20)10-12-4-2-8-22-12/h1-8H,9-10H2,(H,17,19)(H,18,20). The summed E-state index contributed by atoms with van der Waals surface area (Å²) in [6, 6.07) is 7.56. The van der Waals surface area contributed by atoms with Gasteiger partial charge in [0, 0.05) is 9.75 Å². The van der Waals surface area contributed by atoms with E-state index in [1.807, 2.05) is 35.0 Å². The van der Waals surface area contributed by atoms with Crippen LogP contribution in [0.15, 0.2) is 45.2 Å². The van der Waals surface area contributed by atoms with E-state index in [-0.39, 0.29) is 11.8 Å². The fourth-order valence-electron chi connectivity index (χ4n) is 1.51. The lowest BCUT2D eigenvalue weighted by atomic mass is 10.3. The molecule has 0 aliphatic rings. The molecule has 0 saturated carbocycles. The van der Waals surface area contributed by atoms with E-state index in [0.717, 1.165) is 9.75 Å². The molecule has 2 amide bonds. The molecule has 2 rings (SSSR count). The van der Waals surface area contributed by atoms with Crippen LogP contribution in [0.5, 0.6) is 0 Å². The van der Waals surface area contributed by atoms with Gasteiger partial charge in [-0.2, -0.15) is 10.2 Å². The smallest absolute Gasteiger partial charge is 0.245 e. The third-order valence-corrected chi connectivity index (χ3v) is 4.18. The van der Waals surface area contributed by atoms with Crippen molar-refractivity contribution in [2.24, 2.45) is 10.2 Å². The number of thiophene rings is 2. The van der Waals surface area contributed by atoms with E-state index in [2.05, 4.69) is 21.1 Å². The molecule has 2 aromatic heterocycles. The molecule has 0 spiro atoms. The van der Waals surface area contributed by atoms with Crippen LogP contribution in [0.2, 0.25) is 0 Å². The second-order valence-corrected chi connectivity index (χ2v) is 6.20. The van der Waals surface area contributed by atoms with Gasteiger partial charge in [-0.3, -0.25) is 9.59 Å². The molecule has 0 aliphatic carbocycles. The van der Waals surface area contributed by atoms with Crippen molar-refractivity contribution >= 4 is 46.9 Å². The zero-order valence-electron chi connectivity index (χ0n) is 11.6. The van der Waals surface area contributed by atoms with Crippen LogP contribution in [0, 0.1) is 0 Å². The van der Waals surface area contributed by atoms with Gasteiger partial charge in [0.1, 0.15) is 0 Å². The van der Waals surface area contributed by atoms with Crippen LogP contribution >= 0.6 is 22.7 Å². The average molecular weight is 334 g/mol. The third-order valence-electron chi connectivity index (χ3n) is 2.42. The van der Waals surface area contributed by atoms with Crippen molar-refractivity contribution in [3.8, 4) is 0 Å². The number of nitrogens with zero attached hydrogens (tertiary/aromatic N) is 2. The normalized spacial score (nSPS) is 11.1. The lowest BCUT2D eigenvalue weighted by molar-refractivity contribution is -0.121. The minimum Gasteiger partial charge on any atom is -0.273 e. The van der Waals surface area contributed by atoms with Crippen LogP contribution < -0.4 is 10.9 Å². The molecule has 0 radical (unpaired) electrons. The summed E-state index contributed by atoms with van der Waals surface area (Å²) in [6.07, 6.45) is 3.20. The van der Waals surface area contributed by atoms with Crippen LogP contribution in [0.4, 0.5) is 0 Å². The van der Waals surface area contributed by atoms with Crippen LogP contribution in [0.3, 0.4) is 0 Å². The largest absolute Gasteiger partial charge is 0.273 e. The first-order chi connectivity index (χ1) is 10.7. The van der Waals surface area contributed by atoms with Gasteiger partial charge in [0.15, 0.2) is 0 Å². The quantitative estimate of drug-likeness (QED) is 0.598. The predicted octanol–water partition coefficient (Wildman–Crippen LogP) is 1.80. The van der Waals surface area contributed by atoms with Crippen molar-refractivity contribution in [2.45, 2.75) is 12.8 Å². The molecular weight excluding hydrogens is 320 g/mol. The molecule has 22 heavy (non-hydrogen) atoms. The van der Waals surface area contributed by atoms with Crippen molar-refractivity contribution in [1.29, 1.82) is 0 Å². The maximum Gasteiger partial charge on any atom is 0.245 e. The molecule has 0 saturated heterocycles. The Morgan fingerprint density at radius 1 is 0.909 bits per heavy atom. The van der Waals surface area contributed by atoms with Gasteiger partial charge >= 0.3 is 0 Å². The van der Waals surface area contributed by atoms with E-state index < -0.39 is 0 Å². The van der Waals surface area contributed by atoms with Gasteiger partial charge < -0.3 is 0 Å². The van der Waals surface area contributed by atoms with Gasteiger partial charge in [0.05, 0.1) is 25.3 Å². The van der Waals surface area contributed by atoms with Crippen LogP contribution in [-0.4, -0.2) is 24.2 Å². The van der Waals surface area contributed by atoms with E-state index in [9.17, 15) is 9.59 Å². The second kappa shape index (κ2) is 8.85. The molecule has 0 bridgehead atoms. The first-order valence-corrected chi connectivity index (χ1v) is 8.17. The number of hydrazone groups is 2. The highest BCUT2D eigenvalue weighted by molar-refractivity contribution is 7.10. The van der Waals surface area contributed by atoms with Gasteiger partial charge in [0.2, 0.25) is 11.8 Å². The minimum atomic E-state index is -0.200. The van der Waals surface area contributed by atoms with Crippen LogP contribution in [-0.2, 0) is 22.4 Å². The highest BCUT2D eigenvalue weighted by Gasteiger charge is 2.02. The lowest BCUT2D eigenvalue weighted by Crippen LogP contribution is -2.20. The Labute approximate surface area is 135 Å². The summed E-state index contributed by atoms with van der Waals surface area (Å²) in [5, 5.41) is 11.2. The lowest BCUT2D eigenvalue weighted by Gasteiger charge is -1.96. The number of rotatable bonds is 7. The minimum absolute atomic E-state index is 0.200. The number of carbonyl (C=O) groups is 2. The Kier molecular flexibility index (Phi) is 6.46. The number of hydrogen-bond donors (Lipinski definition) is 2. The number of carbonyl (C=O) groups excluding carboxylic acids is 2. The third kappa shape index (κ3) is 5.98.